The lowest BCUT2D eigenvalue weighted by atomic mass is 9.89. The van der Waals surface area contributed by atoms with Crippen molar-refractivity contribution in [3.8, 4) is 0 Å². The molecule has 4 rings (SSSR count). The fraction of sp³-hybridized carbons (Fsp3) is 0.368. The number of nitrogens with zero attached hydrogens (tertiary/aromatic N) is 4. The number of rotatable bonds is 3. The van der Waals surface area contributed by atoms with Crippen LogP contribution in [-0.2, 0) is 4.79 Å². The van der Waals surface area contributed by atoms with Gasteiger partial charge < -0.3 is 14.9 Å². The summed E-state index contributed by atoms with van der Waals surface area (Å²) >= 11 is 0. The van der Waals surface area contributed by atoms with Crippen molar-refractivity contribution in [2.24, 2.45) is 11.8 Å². The molecule has 2 aromatic rings. The molecule has 0 bridgehead atoms. The molecule has 0 unspecified atom stereocenters. The van der Waals surface area contributed by atoms with Crippen LogP contribution in [-0.4, -0.2) is 51.5 Å². The second kappa shape index (κ2) is 6.61. The molecular weight excluding hydrogens is 351 g/mol. The first-order valence-corrected chi connectivity index (χ1v) is 8.77. The number of anilines is 1. The Balaban J connectivity index is 1.63. The van der Waals surface area contributed by atoms with Gasteiger partial charge in [0.2, 0.25) is 5.91 Å². The van der Waals surface area contributed by atoms with Crippen molar-refractivity contribution in [1.82, 2.24) is 14.9 Å². The molecule has 0 saturated carbocycles. The number of carbonyl (C=O) groups excluding carboxylic acids is 1. The van der Waals surface area contributed by atoms with Gasteiger partial charge in [0.15, 0.2) is 5.69 Å². The highest BCUT2D eigenvalue weighted by Crippen LogP contribution is 2.45. The average Bonchev–Trinajstić information content (AvgIpc) is 3.19. The van der Waals surface area contributed by atoms with Gasteiger partial charge in [0.05, 0.1) is 18.4 Å². The molecule has 7 nitrogen and oxygen atoms in total. The lowest BCUT2D eigenvalue weighted by Gasteiger charge is -2.29. The first kappa shape index (κ1) is 17.4. The molecule has 2 aliphatic heterocycles. The summed E-state index contributed by atoms with van der Waals surface area (Å²) in [6.45, 7) is 3.38. The van der Waals surface area contributed by atoms with Crippen LogP contribution in [0.15, 0.2) is 36.7 Å². The van der Waals surface area contributed by atoms with Gasteiger partial charge in [0.25, 0.3) is 0 Å². The van der Waals surface area contributed by atoms with E-state index in [0.717, 1.165) is 5.56 Å². The molecule has 2 fully saturated rings. The summed E-state index contributed by atoms with van der Waals surface area (Å²) in [5.41, 5.74) is 0.682. The first-order chi connectivity index (χ1) is 12.9. The Morgan fingerprint density at radius 2 is 2.04 bits per heavy atom. The van der Waals surface area contributed by atoms with Crippen molar-refractivity contribution in [2.75, 3.05) is 24.5 Å². The fourth-order valence-electron chi connectivity index (χ4n) is 4.28. The summed E-state index contributed by atoms with van der Waals surface area (Å²) in [6.07, 6.45) is 2.77. The van der Waals surface area contributed by atoms with Crippen LogP contribution in [0.4, 0.5) is 10.2 Å². The van der Waals surface area contributed by atoms with Gasteiger partial charge in [-0.1, -0.05) is 12.1 Å². The highest BCUT2D eigenvalue weighted by atomic mass is 19.1. The van der Waals surface area contributed by atoms with Crippen molar-refractivity contribution in [3.63, 3.8) is 0 Å². The fourth-order valence-corrected chi connectivity index (χ4v) is 4.28. The molecule has 2 saturated heterocycles. The number of aromatic nitrogens is 2. The third kappa shape index (κ3) is 3.11. The highest BCUT2D eigenvalue weighted by molar-refractivity contribution is 5.85. The summed E-state index contributed by atoms with van der Waals surface area (Å²) in [4.78, 5) is 35.3. The number of halogens is 1. The molecule has 3 atom stereocenters. The van der Waals surface area contributed by atoms with Crippen LogP contribution >= 0.6 is 0 Å². The minimum atomic E-state index is -1.12. The second-order valence-corrected chi connectivity index (χ2v) is 7.07. The molecule has 0 spiro atoms. The van der Waals surface area contributed by atoms with Crippen LogP contribution in [0, 0.1) is 17.7 Å². The smallest absolute Gasteiger partial charge is 0.356 e. The number of carboxylic acids is 1. The number of hydrogen-bond donors (Lipinski definition) is 1. The summed E-state index contributed by atoms with van der Waals surface area (Å²) in [6, 6.07) is 6.17. The Labute approximate surface area is 155 Å². The Morgan fingerprint density at radius 1 is 1.22 bits per heavy atom. The third-order valence-corrected chi connectivity index (χ3v) is 5.42. The van der Waals surface area contributed by atoms with Gasteiger partial charge in [-0.25, -0.2) is 14.2 Å². The van der Waals surface area contributed by atoms with E-state index in [1.807, 2.05) is 11.0 Å². The number of carbonyl (C=O) groups is 2. The van der Waals surface area contributed by atoms with Crippen LogP contribution in [0.2, 0.25) is 0 Å². The van der Waals surface area contributed by atoms with E-state index in [-0.39, 0.29) is 35.3 Å². The minimum Gasteiger partial charge on any atom is -0.476 e. The number of carboxylic acid groups (broad SMARTS) is 1. The van der Waals surface area contributed by atoms with E-state index in [1.165, 1.54) is 25.3 Å². The molecule has 1 amide bonds. The molecule has 1 aromatic carbocycles. The topological polar surface area (TPSA) is 86.6 Å². The highest BCUT2D eigenvalue weighted by Gasteiger charge is 2.48. The van der Waals surface area contributed by atoms with Crippen LogP contribution < -0.4 is 4.90 Å². The third-order valence-electron chi connectivity index (χ3n) is 5.42. The molecule has 0 aliphatic carbocycles. The Kier molecular flexibility index (Phi) is 4.25. The number of fused-ring (bicyclic) bond motifs is 1. The molecule has 1 N–H and O–H groups in total. The largest absolute Gasteiger partial charge is 0.476 e. The number of aromatic carboxylic acids is 1. The van der Waals surface area contributed by atoms with Gasteiger partial charge in [-0.2, -0.15) is 0 Å². The summed E-state index contributed by atoms with van der Waals surface area (Å²) in [5, 5.41) is 9.13. The molecule has 8 heteroatoms. The van der Waals surface area contributed by atoms with E-state index in [9.17, 15) is 14.0 Å². The van der Waals surface area contributed by atoms with E-state index < -0.39 is 5.97 Å². The quantitative estimate of drug-likeness (QED) is 0.889. The summed E-state index contributed by atoms with van der Waals surface area (Å²) < 4.78 is 13.8. The molecule has 140 valence electrons. The van der Waals surface area contributed by atoms with Gasteiger partial charge in [-0.15, -0.1) is 0 Å². The lowest BCUT2D eigenvalue weighted by molar-refractivity contribution is -0.130. The number of likely N-dealkylation sites (tertiary alicyclic amines) is 1. The van der Waals surface area contributed by atoms with Gasteiger partial charge >= 0.3 is 5.97 Å². The van der Waals surface area contributed by atoms with Crippen molar-refractivity contribution in [2.45, 2.75) is 13.0 Å². The maximum atomic E-state index is 13.8. The van der Waals surface area contributed by atoms with Gasteiger partial charge in [0, 0.05) is 38.4 Å². The van der Waals surface area contributed by atoms with E-state index in [1.54, 1.807) is 17.2 Å². The molecule has 3 heterocycles. The van der Waals surface area contributed by atoms with Crippen molar-refractivity contribution >= 4 is 17.7 Å². The Hall–Kier alpha value is -3.03. The van der Waals surface area contributed by atoms with Gasteiger partial charge in [-0.3, -0.25) is 9.78 Å². The first-order valence-electron chi connectivity index (χ1n) is 8.77. The number of amides is 1. The van der Waals surface area contributed by atoms with Crippen LogP contribution in [0.1, 0.15) is 29.0 Å². The molecule has 1 aromatic heterocycles. The van der Waals surface area contributed by atoms with Gasteiger partial charge in [0.1, 0.15) is 11.6 Å². The number of benzene rings is 1. The maximum Gasteiger partial charge on any atom is 0.356 e. The molecule has 0 radical (unpaired) electrons. The van der Waals surface area contributed by atoms with E-state index >= 15 is 0 Å². The van der Waals surface area contributed by atoms with Crippen molar-refractivity contribution in [1.29, 1.82) is 0 Å². The molecule has 27 heavy (non-hydrogen) atoms. The number of hydrogen-bond acceptors (Lipinski definition) is 5. The Morgan fingerprint density at radius 3 is 2.74 bits per heavy atom. The summed E-state index contributed by atoms with van der Waals surface area (Å²) in [7, 11) is 0. The standard InChI is InChI=1S/C19H19FN4O3/c1-11(25)24-9-13-8-23(17-7-21-6-16(22-17)19(26)27)10-15(13)18(24)12-3-2-4-14(20)5-12/h2-7,13,15,18H,8-10H2,1H3,(H,26,27)/t13-,15-,18-/m1/s1. The predicted octanol–water partition coefficient (Wildman–Crippen LogP) is 1.97. The van der Waals surface area contributed by atoms with E-state index in [0.29, 0.717) is 25.5 Å². The zero-order valence-electron chi connectivity index (χ0n) is 14.7. The van der Waals surface area contributed by atoms with E-state index in [4.69, 9.17) is 5.11 Å². The van der Waals surface area contributed by atoms with Crippen LogP contribution in [0.5, 0.6) is 0 Å². The summed E-state index contributed by atoms with van der Waals surface area (Å²) in [5.74, 6) is -0.642. The monoisotopic (exact) mass is 370 g/mol. The zero-order chi connectivity index (χ0) is 19.1. The minimum absolute atomic E-state index is 0.0297. The molecule has 2 aliphatic rings. The second-order valence-electron chi connectivity index (χ2n) is 7.07. The predicted molar refractivity (Wildman–Crippen MR) is 94.7 cm³/mol. The zero-order valence-corrected chi connectivity index (χ0v) is 14.7. The maximum absolute atomic E-state index is 13.8. The average molecular weight is 370 g/mol. The van der Waals surface area contributed by atoms with Crippen molar-refractivity contribution in [3.05, 3.63) is 53.7 Å². The SMILES string of the molecule is CC(=O)N1C[C@H]2CN(c3cncc(C(=O)O)n3)C[C@H]2[C@H]1c1cccc(F)c1. The normalized spacial score (nSPS) is 24.1. The van der Waals surface area contributed by atoms with Crippen molar-refractivity contribution < 1.29 is 19.1 Å². The van der Waals surface area contributed by atoms with Crippen LogP contribution in [0.25, 0.3) is 0 Å². The Bertz CT molecular complexity index is 906. The van der Waals surface area contributed by atoms with E-state index in [2.05, 4.69) is 9.97 Å². The molecular formula is C19H19FN4O3. The van der Waals surface area contributed by atoms with Gasteiger partial charge in [-0.05, 0) is 17.7 Å². The van der Waals surface area contributed by atoms with Crippen LogP contribution in [0.3, 0.4) is 0 Å². The lowest BCUT2D eigenvalue weighted by Crippen LogP contribution is -2.34.